The van der Waals surface area contributed by atoms with Gasteiger partial charge in [0.1, 0.15) is 5.75 Å². The summed E-state index contributed by atoms with van der Waals surface area (Å²) in [4.78, 5) is 12.1. The highest BCUT2D eigenvalue weighted by Gasteiger charge is 2.15. The Bertz CT molecular complexity index is 844. The second-order valence-electron chi connectivity index (χ2n) is 5.69. The van der Waals surface area contributed by atoms with Gasteiger partial charge in [0, 0.05) is 6.20 Å². The van der Waals surface area contributed by atoms with Crippen molar-refractivity contribution in [1.82, 2.24) is 19.9 Å². The van der Waals surface area contributed by atoms with Gasteiger partial charge in [0.15, 0.2) is 11.5 Å². The molecule has 0 saturated carbocycles. The van der Waals surface area contributed by atoms with E-state index in [1.807, 2.05) is 66.9 Å². The highest BCUT2D eigenvalue weighted by Crippen LogP contribution is 2.13. The minimum atomic E-state index is -0.228. The van der Waals surface area contributed by atoms with Crippen molar-refractivity contribution in [2.24, 2.45) is 0 Å². The van der Waals surface area contributed by atoms with Crippen LogP contribution in [-0.4, -0.2) is 27.1 Å². The van der Waals surface area contributed by atoms with Crippen LogP contribution in [0.3, 0.4) is 0 Å². The maximum Gasteiger partial charge on any atom is 0.224 e. The smallest absolute Gasteiger partial charge is 0.224 e. The number of nitrogens with zero attached hydrogens (tertiary/aromatic N) is 3. The Labute approximate surface area is 140 Å². The number of amides is 1. The van der Waals surface area contributed by atoms with E-state index in [1.165, 1.54) is 0 Å². The molecule has 1 N–H and O–H groups in total. The van der Waals surface area contributed by atoms with Crippen molar-refractivity contribution in [2.45, 2.75) is 26.3 Å². The Morgan fingerprint density at radius 2 is 2.12 bits per heavy atom. The number of aryl methyl sites for hydroxylation is 1. The lowest BCUT2D eigenvalue weighted by atomic mass is 10.2. The van der Waals surface area contributed by atoms with E-state index in [1.54, 1.807) is 0 Å². The van der Waals surface area contributed by atoms with Gasteiger partial charge in [0.25, 0.3) is 0 Å². The maximum atomic E-state index is 12.1. The molecule has 0 saturated heterocycles. The number of rotatable bonds is 6. The van der Waals surface area contributed by atoms with Gasteiger partial charge in [0.05, 0.1) is 19.1 Å². The first-order valence-corrected chi connectivity index (χ1v) is 7.92. The highest BCUT2D eigenvalue weighted by atomic mass is 16.5. The maximum absolute atomic E-state index is 12.1. The van der Waals surface area contributed by atoms with Gasteiger partial charge in [-0.3, -0.25) is 9.20 Å². The first kappa shape index (κ1) is 16.0. The van der Waals surface area contributed by atoms with Gasteiger partial charge in [-0.05, 0) is 43.7 Å². The number of pyridine rings is 1. The molecule has 0 radical (unpaired) electrons. The predicted molar refractivity (Wildman–Crippen MR) is 90.8 cm³/mol. The van der Waals surface area contributed by atoms with Crippen LogP contribution < -0.4 is 10.1 Å². The number of hydrogen-bond donors (Lipinski definition) is 1. The Hall–Kier alpha value is -2.89. The van der Waals surface area contributed by atoms with Crippen LogP contribution in [0, 0.1) is 6.92 Å². The Morgan fingerprint density at radius 3 is 2.96 bits per heavy atom. The van der Waals surface area contributed by atoms with E-state index < -0.39 is 0 Å². The molecule has 0 aliphatic rings. The molecule has 124 valence electrons. The first-order valence-electron chi connectivity index (χ1n) is 7.92. The molecule has 1 amide bonds. The number of carbonyl (C=O) groups excluding carboxylic acids is 1. The molecule has 0 bridgehead atoms. The zero-order chi connectivity index (χ0) is 16.9. The number of carbonyl (C=O) groups is 1. The van der Waals surface area contributed by atoms with Crippen LogP contribution in [0.1, 0.15) is 30.8 Å². The van der Waals surface area contributed by atoms with Crippen molar-refractivity contribution in [3.63, 3.8) is 0 Å². The fourth-order valence-corrected chi connectivity index (χ4v) is 2.50. The lowest BCUT2D eigenvalue weighted by molar-refractivity contribution is -0.122. The molecule has 1 aromatic carbocycles. The van der Waals surface area contributed by atoms with Gasteiger partial charge in [-0.2, -0.15) is 0 Å². The van der Waals surface area contributed by atoms with Gasteiger partial charge >= 0.3 is 0 Å². The summed E-state index contributed by atoms with van der Waals surface area (Å²) in [6.07, 6.45) is 2.17. The van der Waals surface area contributed by atoms with Crippen molar-refractivity contribution < 1.29 is 9.53 Å². The van der Waals surface area contributed by atoms with Crippen LogP contribution >= 0.6 is 0 Å². The van der Waals surface area contributed by atoms with Crippen LogP contribution in [0.25, 0.3) is 5.65 Å². The van der Waals surface area contributed by atoms with Crippen LogP contribution in [0.5, 0.6) is 5.75 Å². The van der Waals surface area contributed by atoms with Crippen molar-refractivity contribution in [3.05, 3.63) is 60.0 Å². The molecular weight excluding hydrogens is 304 g/mol. The quantitative estimate of drug-likeness (QED) is 0.757. The number of aromatic nitrogens is 3. The number of fused-ring (bicyclic) bond motifs is 1. The van der Waals surface area contributed by atoms with Crippen molar-refractivity contribution >= 4 is 11.6 Å². The molecule has 2 aromatic heterocycles. The number of benzene rings is 1. The molecule has 0 fully saturated rings. The molecule has 0 aliphatic carbocycles. The second-order valence-corrected chi connectivity index (χ2v) is 5.69. The van der Waals surface area contributed by atoms with Crippen molar-refractivity contribution in [1.29, 1.82) is 0 Å². The number of hydrogen-bond acceptors (Lipinski definition) is 4. The van der Waals surface area contributed by atoms with E-state index >= 15 is 0 Å². The molecule has 0 aliphatic heterocycles. The topological polar surface area (TPSA) is 68.5 Å². The molecule has 3 aromatic rings. The minimum Gasteiger partial charge on any atom is -0.493 e. The number of ether oxygens (including phenoxy) is 1. The normalized spacial score (nSPS) is 12.1. The minimum absolute atomic E-state index is 0.0807. The van der Waals surface area contributed by atoms with Crippen LogP contribution in [0.4, 0.5) is 0 Å². The van der Waals surface area contributed by atoms with Gasteiger partial charge in [0.2, 0.25) is 5.91 Å². The Kier molecular flexibility index (Phi) is 4.74. The van der Waals surface area contributed by atoms with Crippen LogP contribution in [0.15, 0.2) is 48.7 Å². The molecule has 6 heteroatoms. The summed E-state index contributed by atoms with van der Waals surface area (Å²) in [6.45, 7) is 4.23. The average molecular weight is 324 g/mol. The predicted octanol–water partition coefficient (Wildman–Crippen LogP) is 2.68. The van der Waals surface area contributed by atoms with E-state index in [2.05, 4.69) is 15.5 Å². The van der Waals surface area contributed by atoms with E-state index in [-0.39, 0.29) is 18.4 Å². The largest absolute Gasteiger partial charge is 0.493 e. The molecule has 2 heterocycles. The monoisotopic (exact) mass is 324 g/mol. The van der Waals surface area contributed by atoms with Crippen LogP contribution in [0.2, 0.25) is 0 Å². The van der Waals surface area contributed by atoms with Crippen LogP contribution in [-0.2, 0) is 4.79 Å². The lowest BCUT2D eigenvalue weighted by Crippen LogP contribution is -2.29. The molecule has 0 spiro atoms. The van der Waals surface area contributed by atoms with E-state index in [0.29, 0.717) is 12.4 Å². The third kappa shape index (κ3) is 3.71. The lowest BCUT2D eigenvalue weighted by Gasteiger charge is -2.13. The zero-order valence-electron chi connectivity index (χ0n) is 13.8. The van der Waals surface area contributed by atoms with E-state index in [4.69, 9.17) is 4.74 Å². The summed E-state index contributed by atoms with van der Waals surface area (Å²) in [5, 5.41) is 11.2. The highest BCUT2D eigenvalue weighted by molar-refractivity contribution is 5.76. The van der Waals surface area contributed by atoms with Crippen molar-refractivity contribution in [2.75, 3.05) is 6.61 Å². The van der Waals surface area contributed by atoms with Gasteiger partial charge in [-0.15, -0.1) is 10.2 Å². The third-order valence-electron chi connectivity index (χ3n) is 3.69. The molecular formula is C18H20N4O2. The van der Waals surface area contributed by atoms with E-state index in [9.17, 15) is 4.79 Å². The average Bonchev–Trinajstić information content (AvgIpc) is 2.99. The fraction of sp³-hybridized carbons (Fsp3) is 0.278. The summed E-state index contributed by atoms with van der Waals surface area (Å²) >= 11 is 0. The summed E-state index contributed by atoms with van der Waals surface area (Å²) in [5.74, 6) is 1.40. The molecule has 24 heavy (non-hydrogen) atoms. The third-order valence-corrected chi connectivity index (χ3v) is 3.69. The van der Waals surface area contributed by atoms with Gasteiger partial charge in [-0.25, -0.2) is 0 Å². The summed E-state index contributed by atoms with van der Waals surface area (Å²) in [6, 6.07) is 13.2. The zero-order valence-corrected chi connectivity index (χ0v) is 13.8. The molecule has 6 nitrogen and oxygen atoms in total. The molecule has 3 rings (SSSR count). The fourth-order valence-electron chi connectivity index (χ4n) is 2.50. The Morgan fingerprint density at radius 1 is 1.25 bits per heavy atom. The van der Waals surface area contributed by atoms with Crippen molar-refractivity contribution in [3.8, 4) is 5.75 Å². The molecule has 0 unspecified atom stereocenters. The summed E-state index contributed by atoms with van der Waals surface area (Å²) < 4.78 is 7.48. The van der Waals surface area contributed by atoms with Gasteiger partial charge in [-0.1, -0.05) is 18.2 Å². The summed E-state index contributed by atoms with van der Waals surface area (Å²) in [5.41, 5.74) is 1.89. The standard InChI is InChI=1S/C18H20N4O2/c1-13-6-5-7-15(12-13)24-11-9-17(23)19-14(2)18-21-20-16-8-3-4-10-22(16)18/h3-8,10,12,14H,9,11H2,1-2H3,(H,19,23)/t14-/m0/s1. The Balaban J connectivity index is 1.53. The number of nitrogens with one attached hydrogen (secondary N) is 1. The van der Waals surface area contributed by atoms with E-state index in [0.717, 1.165) is 17.0 Å². The van der Waals surface area contributed by atoms with Gasteiger partial charge < -0.3 is 10.1 Å². The SMILES string of the molecule is Cc1cccc(OCCC(=O)N[C@@H](C)c2nnc3ccccn23)c1. The molecule has 1 atom stereocenters. The summed E-state index contributed by atoms with van der Waals surface area (Å²) in [7, 11) is 0. The first-order chi connectivity index (χ1) is 11.6. The second kappa shape index (κ2) is 7.12.